The largest absolute Gasteiger partial charge is 0.480 e. The number of aliphatic carboxylic acids is 1. The van der Waals surface area contributed by atoms with Gasteiger partial charge in [-0.3, -0.25) is 0 Å². The minimum atomic E-state index is -4.42. The van der Waals surface area contributed by atoms with Gasteiger partial charge in [-0.05, 0) is 36.6 Å². The lowest BCUT2D eigenvalue weighted by molar-refractivity contribution is -0.139. The number of aromatic amines is 1. The highest BCUT2D eigenvalue weighted by molar-refractivity contribution is 5.80. The Balaban J connectivity index is 1.70. The molecular formula is C18H16F3N3O2. The Bertz CT molecular complexity index is 888. The van der Waals surface area contributed by atoms with Crippen LogP contribution >= 0.6 is 0 Å². The van der Waals surface area contributed by atoms with Crippen LogP contribution < -0.4 is 5.32 Å². The van der Waals surface area contributed by atoms with E-state index in [2.05, 4.69) is 15.3 Å². The Labute approximate surface area is 146 Å². The second-order valence-corrected chi connectivity index (χ2v) is 5.87. The maximum Gasteiger partial charge on any atom is 0.416 e. The lowest BCUT2D eigenvalue weighted by Crippen LogP contribution is -2.30. The number of para-hydroxylation sites is 2. The summed E-state index contributed by atoms with van der Waals surface area (Å²) in [4.78, 5) is 18.7. The van der Waals surface area contributed by atoms with Gasteiger partial charge in [-0.1, -0.05) is 30.3 Å². The van der Waals surface area contributed by atoms with Gasteiger partial charge in [0.15, 0.2) is 0 Å². The summed E-state index contributed by atoms with van der Waals surface area (Å²) in [7, 11) is 0. The number of aromatic nitrogens is 2. The Morgan fingerprint density at radius 1 is 1.19 bits per heavy atom. The van der Waals surface area contributed by atoms with Crippen LogP contribution in [0.3, 0.4) is 0 Å². The van der Waals surface area contributed by atoms with Crippen molar-refractivity contribution in [1.82, 2.24) is 9.97 Å². The molecule has 1 aromatic heterocycles. The van der Waals surface area contributed by atoms with Crippen LogP contribution in [0, 0.1) is 0 Å². The molecule has 1 unspecified atom stereocenters. The Kier molecular flexibility index (Phi) is 4.83. The summed E-state index contributed by atoms with van der Waals surface area (Å²) in [6, 6.07) is 11.2. The molecule has 8 heteroatoms. The summed E-state index contributed by atoms with van der Waals surface area (Å²) in [6.45, 7) is 0. The third kappa shape index (κ3) is 4.14. The van der Waals surface area contributed by atoms with Gasteiger partial charge in [0, 0.05) is 0 Å². The number of carboxylic acids is 1. The highest BCUT2D eigenvalue weighted by atomic mass is 19.4. The number of hydrogen-bond acceptors (Lipinski definition) is 3. The van der Waals surface area contributed by atoms with Crippen LogP contribution in [0.1, 0.15) is 17.5 Å². The number of halogens is 3. The monoisotopic (exact) mass is 363 g/mol. The van der Waals surface area contributed by atoms with Gasteiger partial charge in [0.25, 0.3) is 0 Å². The highest BCUT2D eigenvalue weighted by Crippen LogP contribution is 2.29. The first-order chi connectivity index (χ1) is 12.3. The van der Waals surface area contributed by atoms with Crippen molar-refractivity contribution < 1.29 is 23.1 Å². The molecule has 0 spiro atoms. The molecule has 0 fully saturated rings. The molecule has 5 nitrogen and oxygen atoms in total. The van der Waals surface area contributed by atoms with E-state index in [1.165, 1.54) is 6.07 Å². The van der Waals surface area contributed by atoms with Crippen molar-refractivity contribution in [3.8, 4) is 0 Å². The molecular weight excluding hydrogens is 347 g/mol. The number of alkyl halides is 3. The number of nitrogens with zero attached hydrogens (tertiary/aromatic N) is 1. The Morgan fingerprint density at radius 3 is 2.65 bits per heavy atom. The number of aryl methyl sites for hydroxylation is 1. The quantitative estimate of drug-likeness (QED) is 0.617. The fourth-order valence-electron chi connectivity index (χ4n) is 2.66. The summed E-state index contributed by atoms with van der Waals surface area (Å²) >= 11 is 0. The number of H-pyrrole nitrogens is 1. The first-order valence-corrected chi connectivity index (χ1v) is 7.93. The number of anilines is 1. The molecule has 3 N–H and O–H groups in total. The van der Waals surface area contributed by atoms with Crippen LogP contribution in [0.2, 0.25) is 0 Å². The third-order valence-electron chi connectivity index (χ3n) is 3.97. The molecule has 1 atom stereocenters. The minimum Gasteiger partial charge on any atom is -0.480 e. The van der Waals surface area contributed by atoms with Gasteiger partial charge >= 0.3 is 12.1 Å². The van der Waals surface area contributed by atoms with Gasteiger partial charge in [-0.15, -0.1) is 0 Å². The maximum atomic E-state index is 12.8. The van der Waals surface area contributed by atoms with Gasteiger partial charge < -0.3 is 15.4 Å². The first kappa shape index (κ1) is 17.8. The van der Waals surface area contributed by atoms with E-state index in [0.717, 1.165) is 17.6 Å². The molecule has 2 aromatic carbocycles. The number of rotatable bonds is 6. The van der Waals surface area contributed by atoms with Crippen molar-refractivity contribution in [3.63, 3.8) is 0 Å². The van der Waals surface area contributed by atoms with Crippen LogP contribution in [0.4, 0.5) is 19.1 Å². The topological polar surface area (TPSA) is 78.0 Å². The average Bonchev–Trinajstić information content (AvgIpc) is 3.00. The Morgan fingerprint density at radius 2 is 1.96 bits per heavy atom. The van der Waals surface area contributed by atoms with E-state index < -0.39 is 23.8 Å². The van der Waals surface area contributed by atoms with Crippen molar-refractivity contribution >= 4 is 23.0 Å². The van der Waals surface area contributed by atoms with Crippen LogP contribution in [0.25, 0.3) is 11.0 Å². The SMILES string of the molecule is O=C(O)C(CCc1cccc(C(F)(F)F)c1)Nc1nc2ccccc2[nH]1. The number of carbonyl (C=O) groups is 1. The second-order valence-electron chi connectivity index (χ2n) is 5.87. The van der Waals surface area contributed by atoms with Crippen LogP contribution in [0.5, 0.6) is 0 Å². The Hall–Kier alpha value is -3.03. The molecule has 0 saturated heterocycles. The number of benzene rings is 2. The van der Waals surface area contributed by atoms with Crippen LogP contribution in [0.15, 0.2) is 48.5 Å². The standard InChI is InChI=1S/C18H16F3N3O2/c19-18(20,21)12-5-3-4-11(10-12)8-9-15(16(25)26)24-17-22-13-6-1-2-7-14(13)23-17/h1-7,10,15H,8-9H2,(H,25,26)(H2,22,23,24). The molecule has 0 radical (unpaired) electrons. The predicted octanol–water partition coefficient (Wildman–Crippen LogP) is 4.08. The average molecular weight is 363 g/mol. The minimum absolute atomic E-state index is 0.119. The first-order valence-electron chi connectivity index (χ1n) is 7.93. The molecule has 0 saturated carbocycles. The molecule has 26 heavy (non-hydrogen) atoms. The lowest BCUT2D eigenvalue weighted by Gasteiger charge is -2.14. The highest BCUT2D eigenvalue weighted by Gasteiger charge is 2.30. The lowest BCUT2D eigenvalue weighted by atomic mass is 10.0. The van der Waals surface area contributed by atoms with E-state index in [0.29, 0.717) is 17.0 Å². The fraction of sp³-hybridized carbons (Fsp3) is 0.222. The predicted molar refractivity (Wildman–Crippen MR) is 90.9 cm³/mol. The van der Waals surface area contributed by atoms with Gasteiger partial charge in [0.1, 0.15) is 6.04 Å². The van der Waals surface area contributed by atoms with Crippen LogP contribution in [-0.4, -0.2) is 27.1 Å². The number of hydrogen-bond donors (Lipinski definition) is 3. The smallest absolute Gasteiger partial charge is 0.416 e. The number of fused-ring (bicyclic) bond motifs is 1. The number of carboxylic acid groups (broad SMARTS) is 1. The van der Waals surface area contributed by atoms with Gasteiger partial charge in [0.05, 0.1) is 16.6 Å². The molecule has 0 bridgehead atoms. The summed E-state index contributed by atoms with van der Waals surface area (Å²) < 4.78 is 38.3. The maximum absolute atomic E-state index is 12.8. The summed E-state index contributed by atoms with van der Waals surface area (Å²) in [5.41, 5.74) is 1.14. The van der Waals surface area contributed by atoms with Gasteiger partial charge in [-0.2, -0.15) is 13.2 Å². The van der Waals surface area contributed by atoms with E-state index in [1.807, 2.05) is 18.2 Å². The summed E-state index contributed by atoms with van der Waals surface area (Å²) in [5, 5.41) is 12.2. The molecule has 0 aliphatic heterocycles. The van der Waals surface area contributed by atoms with Crippen molar-refractivity contribution in [2.24, 2.45) is 0 Å². The third-order valence-corrected chi connectivity index (χ3v) is 3.97. The van der Waals surface area contributed by atoms with E-state index in [4.69, 9.17) is 0 Å². The summed E-state index contributed by atoms with van der Waals surface area (Å²) in [5.74, 6) is -0.792. The normalized spacial score (nSPS) is 12.9. The number of nitrogens with one attached hydrogen (secondary N) is 2. The zero-order valence-corrected chi connectivity index (χ0v) is 13.5. The van der Waals surface area contributed by atoms with Crippen molar-refractivity contribution in [1.29, 1.82) is 0 Å². The van der Waals surface area contributed by atoms with Crippen LogP contribution in [-0.2, 0) is 17.4 Å². The van der Waals surface area contributed by atoms with Gasteiger partial charge in [-0.25, -0.2) is 9.78 Å². The van der Waals surface area contributed by atoms with E-state index in [9.17, 15) is 23.1 Å². The number of imidazole rings is 1. The summed E-state index contributed by atoms with van der Waals surface area (Å²) in [6.07, 6.45) is -4.11. The molecule has 0 amide bonds. The van der Waals surface area contributed by atoms with E-state index >= 15 is 0 Å². The fourth-order valence-corrected chi connectivity index (χ4v) is 2.66. The van der Waals surface area contributed by atoms with E-state index in [1.54, 1.807) is 12.1 Å². The zero-order chi connectivity index (χ0) is 18.7. The molecule has 3 aromatic rings. The molecule has 0 aliphatic carbocycles. The van der Waals surface area contributed by atoms with Gasteiger partial charge in [0.2, 0.25) is 5.95 Å². The zero-order valence-electron chi connectivity index (χ0n) is 13.5. The van der Waals surface area contributed by atoms with Crippen molar-refractivity contribution in [3.05, 3.63) is 59.7 Å². The molecule has 1 heterocycles. The molecule has 136 valence electrons. The molecule has 0 aliphatic rings. The van der Waals surface area contributed by atoms with E-state index in [-0.39, 0.29) is 12.8 Å². The molecule has 3 rings (SSSR count). The van der Waals surface area contributed by atoms with Crippen molar-refractivity contribution in [2.45, 2.75) is 25.1 Å². The second kappa shape index (κ2) is 7.07. The van der Waals surface area contributed by atoms with Crippen molar-refractivity contribution in [2.75, 3.05) is 5.32 Å².